The first-order valence-electron chi connectivity index (χ1n) is 14.2. The van der Waals surface area contributed by atoms with E-state index in [1.54, 1.807) is 36.4 Å². The molecule has 0 aliphatic carbocycles. The van der Waals surface area contributed by atoms with Gasteiger partial charge in [-0.1, -0.05) is 0 Å². The Kier molecular flexibility index (Phi) is 11.2. The fourth-order valence-corrected chi connectivity index (χ4v) is 5.14. The van der Waals surface area contributed by atoms with Crippen molar-refractivity contribution in [3.63, 3.8) is 0 Å². The standard InChI is InChI=1S/C31H39N3O7/c1-37-27-20-25-21-28(29(27)38-2)39-18-3-6-26(41-31(36)24-9-7-23(22-32)8-10-24)11-15-34-13-4-12-33(16-17-34)14-5-19-40-30(25)35/h7-10,20-21,26H,3-6,11-19H2,1-2H3. The molecule has 220 valence electrons. The van der Waals surface area contributed by atoms with Crippen LogP contribution in [-0.4, -0.2) is 94.5 Å². The Bertz CT molecular complexity index is 1210. The van der Waals surface area contributed by atoms with Crippen molar-refractivity contribution in [3.05, 3.63) is 53.1 Å². The number of hydrogen-bond acceptors (Lipinski definition) is 10. The molecule has 0 amide bonds. The van der Waals surface area contributed by atoms with Gasteiger partial charge < -0.3 is 33.5 Å². The van der Waals surface area contributed by atoms with Crippen LogP contribution >= 0.6 is 0 Å². The van der Waals surface area contributed by atoms with Crippen LogP contribution in [0.3, 0.4) is 0 Å². The Hall–Kier alpha value is -3.81. The zero-order valence-electron chi connectivity index (χ0n) is 23.9. The normalized spacial score (nSPS) is 22.4. The zero-order chi connectivity index (χ0) is 29.0. The molecular weight excluding hydrogens is 526 g/mol. The first kappa shape index (κ1) is 30.2. The predicted molar refractivity (Wildman–Crippen MR) is 152 cm³/mol. The monoisotopic (exact) mass is 565 g/mol. The second-order valence-corrected chi connectivity index (χ2v) is 10.2. The highest BCUT2D eigenvalue weighted by molar-refractivity contribution is 5.91. The van der Waals surface area contributed by atoms with Gasteiger partial charge in [-0.25, -0.2) is 9.59 Å². The average Bonchev–Trinajstić information content (AvgIpc) is 3.24. The minimum absolute atomic E-state index is 0.305. The average molecular weight is 566 g/mol. The fourth-order valence-electron chi connectivity index (χ4n) is 5.14. The van der Waals surface area contributed by atoms with Crippen molar-refractivity contribution in [1.29, 1.82) is 5.26 Å². The molecule has 0 N–H and O–H groups in total. The van der Waals surface area contributed by atoms with E-state index < -0.39 is 11.9 Å². The highest BCUT2D eigenvalue weighted by Gasteiger charge is 2.22. The minimum Gasteiger partial charge on any atom is -0.493 e. The number of carbonyl (C=O) groups is 2. The number of esters is 2. The lowest BCUT2D eigenvalue weighted by molar-refractivity contribution is 0.0221. The Morgan fingerprint density at radius 3 is 2.29 bits per heavy atom. The van der Waals surface area contributed by atoms with E-state index in [9.17, 15) is 9.59 Å². The van der Waals surface area contributed by atoms with Crippen LogP contribution in [-0.2, 0) is 9.47 Å². The fraction of sp³-hybridized carbons (Fsp3) is 0.516. The lowest BCUT2D eigenvalue weighted by Crippen LogP contribution is -2.34. The maximum absolute atomic E-state index is 13.0. The van der Waals surface area contributed by atoms with Crippen LogP contribution < -0.4 is 14.2 Å². The number of hydrogen-bond donors (Lipinski definition) is 0. The molecule has 0 saturated carbocycles. The van der Waals surface area contributed by atoms with Crippen molar-refractivity contribution < 1.29 is 33.3 Å². The van der Waals surface area contributed by atoms with Gasteiger partial charge in [0.1, 0.15) is 6.10 Å². The molecule has 10 nitrogen and oxygen atoms in total. The van der Waals surface area contributed by atoms with E-state index in [0.29, 0.717) is 66.4 Å². The number of nitriles is 1. The zero-order valence-corrected chi connectivity index (χ0v) is 23.9. The van der Waals surface area contributed by atoms with Gasteiger partial charge in [0.2, 0.25) is 5.75 Å². The molecule has 0 spiro atoms. The van der Waals surface area contributed by atoms with Crippen molar-refractivity contribution in [1.82, 2.24) is 9.80 Å². The maximum Gasteiger partial charge on any atom is 0.338 e. The van der Waals surface area contributed by atoms with E-state index in [-0.39, 0.29) is 6.10 Å². The number of cyclic esters (lactones) is 1. The van der Waals surface area contributed by atoms with Gasteiger partial charge >= 0.3 is 11.9 Å². The van der Waals surface area contributed by atoms with Gasteiger partial charge in [-0.2, -0.15) is 5.26 Å². The molecule has 0 aromatic heterocycles. The van der Waals surface area contributed by atoms with E-state index in [1.807, 2.05) is 0 Å². The van der Waals surface area contributed by atoms with Crippen molar-refractivity contribution in [3.8, 4) is 23.3 Å². The Balaban J connectivity index is 1.51. The quantitative estimate of drug-likeness (QED) is 0.506. The van der Waals surface area contributed by atoms with Gasteiger partial charge in [-0.3, -0.25) is 0 Å². The molecule has 4 bridgehead atoms. The largest absolute Gasteiger partial charge is 0.493 e. The summed E-state index contributed by atoms with van der Waals surface area (Å²) in [6, 6.07) is 11.7. The van der Waals surface area contributed by atoms with Crippen LogP contribution in [0.15, 0.2) is 36.4 Å². The van der Waals surface area contributed by atoms with Gasteiger partial charge in [0, 0.05) is 26.2 Å². The summed E-state index contributed by atoms with van der Waals surface area (Å²) in [6.45, 7) is 6.19. The molecule has 2 aliphatic heterocycles. The number of nitrogens with zero attached hydrogens (tertiary/aromatic N) is 3. The summed E-state index contributed by atoms with van der Waals surface area (Å²) >= 11 is 0. The smallest absolute Gasteiger partial charge is 0.338 e. The molecule has 1 saturated heterocycles. The summed E-state index contributed by atoms with van der Waals surface area (Å²) in [4.78, 5) is 30.6. The number of rotatable bonds is 4. The van der Waals surface area contributed by atoms with Crippen LogP contribution in [0.4, 0.5) is 0 Å². The van der Waals surface area contributed by atoms with Crippen molar-refractivity contribution >= 4 is 11.9 Å². The van der Waals surface area contributed by atoms with Crippen molar-refractivity contribution in [2.75, 3.05) is 66.7 Å². The minimum atomic E-state index is -0.439. The second kappa shape index (κ2) is 15.3. The molecule has 2 aromatic rings. The van der Waals surface area contributed by atoms with Crippen LogP contribution in [0.1, 0.15) is 58.4 Å². The van der Waals surface area contributed by atoms with Crippen LogP contribution in [0.25, 0.3) is 0 Å². The van der Waals surface area contributed by atoms with Crippen LogP contribution in [0, 0.1) is 11.3 Å². The van der Waals surface area contributed by atoms with Gasteiger partial charge in [0.05, 0.1) is 50.2 Å². The lowest BCUT2D eigenvalue weighted by Gasteiger charge is -2.24. The Morgan fingerprint density at radius 1 is 0.878 bits per heavy atom. The molecule has 41 heavy (non-hydrogen) atoms. The summed E-state index contributed by atoms with van der Waals surface area (Å²) < 4.78 is 28.5. The van der Waals surface area contributed by atoms with Crippen molar-refractivity contribution in [2.24, 2.45) is 0 Å². The third-order valence-corrected chi connectivity index (χ3v) is 7.43. The van der Waals surface area contributed by atoms with Crippen LogP contribution in [0.5, 0.6) is 17.2 Å². The molecule has 4 rings (SSSR count). The first-order valence-corrected chi connectivity index (χ1v) is 14.2. The number of ether oxygens (including phenoxy) is 5. The highest BCUT2D eigenvalue weighted by atomic mass is 16.5. The lowest BCUT2D eigenvalue weighted by atomic mass is 10.1. The summed E-state index contributed by atoms with van der Waals surface area (Å²) in [7, 11) is 3.03. The topological polar surface area (TPSA) is 111 Å². The predicted octanol–water partition coefficient (Wildman–Crippen LogP) is 3.92. The van der Waals surface area contributed by atoms with E-state index in [1.165, 1.54) is 14.2 Å². The third kappa shape index (κ3) is 8.59. The molecule has 2 aromatic carbocycles. The van der Waals surface area contributed by atoms with Crippen molar-refractivity contribution in [2.45, 2.75) is 38.2 Å². The Morgan fingerprint density at radius 2 is 1.59 bits per heavy atom. The summed E-state index contributed by atoms with van der Waals surface area (Å²) in [5, 5.41) is 9.06. The Labute approximate surface area is 241 Å². The highest BCUT2D eigenvalue weighted by Crippen LogP contribution is 2.39. The molecule has 3 atom stereocenters. The van der Waals surface area contributed by atoms with E-state index in [0.717, 1.165) is 52.1 Å². The molecule has 2 aliphatic rings. The van der Waals surface area contributed by atoms with E-state index >= 15 is 0 Å². The third-order valence-electron chi connectivity index (χ3n) is 7.43. The summed E-state index contributed by atoms with van der Waals surface area (Å²) in [6.07, 6.45) is 3.41. The number of carbonyl (C=O) groups excluding carboxylic acids is 2. The molecule has 3 unspecified atom stereocenters. The van der Waals surface area contributed by atoms with Gasteiger partial charge in [-0.05, 0) is 81.6 Å². The van der Waals surface area contributed by atoms with Crippen LogP contribution in [0.2, 0.25) is 0 Å². The number of benzene rings is 2. The van der Waals surface area contributed by atoms with Gasteiger partial charge in [-0.15, -0.1) is 0 Å². The number of fused-ring (bicyclic) bond motifs is 5. The SMILES string of the molecule is COc1cc2cc(c1OC)OCCCC(OC(=O)c1ccc(C#N)cc1)CCN1CCCN(CCCOC2=O)CC1. The first-order chi connectivity index (χ1) is 20.0. The van der Waals surface area contributed by atoms with Gasteiger partial charge in [0.25, 0.3) is 0 Å². The summed E-state index contributed by atoms with van der Waals surface area (Å²) in [5.74, 6) is 0.316. The number of methoxy groups -OCH3 is 2. The molecule has 0 radical (unpaired) electrons. The maximum atomic E-state index is 13.0. The molecule has 1 fully saturated rings. The van der Waals surface area contributed by atoms with E-state index in [2.05, 4.69) is 15.9 Å². The summed E-state index contributed by atoms with van der Waals surface area (Å²) in [5.41, 5.74) is 1.24. The molecule has 10 heteroatoms. The van der Waals surface area contributed by atoms with E-state index in [4.69, 9.17) is 28.9 Å². The molecule has 2 heterocycles. The second-order valence-electron chi connectivity index (χ2n) is 10.2. The molecular formula is C31H39N3O7. The van der Waals surface area contributed by atoms with Gasteiger partial charge in [0.15, 0.2) is 11.5 Å².